The summed E-state index contributed by atoms with van der Waals surface area (Å²) in [5.41, 5.74) is 9.39. The number of rotatable bonds is 7. The molecule has 0 bridgehead atoms. The molecule has 0 atom stereocenters. The number of nitrogens with two attached hydrogens (primary N) is 1. The van der Waals surface area contributed by atoms with Crippen LogP contribution in [0.5, 0.6) is 11.5 Å². The molecule has 26 heavy (non-hydrogen) atoms. The molecule has 0 unspecified atom stereocenters. The molecule has 0 radical (unpaired) electrons. The minimum Gasteiger partial charge on any atom is -0.493 e. The normalized spacial score (nSPS) is 11.5. The largest absolute Gasteiger partial charge is 0.493 e. The van der Waals surface area contributed by atoms with Crippen molar-refractivity contribution in [3.05, 3.63) is 59.8 Å². The van der Waals surface area contributed by atoms with Gasteiger partial charge in [-0.25, -0.2) is 4.99 Å². The first-order valence-electron chi connectivity index (χ1n) is 8.51. The molecule has 0 saturated carbocycles. The first-order valence-corrected chi connectivity index (χ1v) is 8.51. The van der Waals surface area contributed by atoms with Crippen LogP contribution in [0.2, 0.25) is 0 Å². The van der Waals surface area contributed by atoms with E-state index in [1.807, 2.05) is 36.5 Å². The van der Waals surface area contributed by atoms with Gasteiger partial charge in [0.15, 0.2) is 17.5 Å². The van der Waals surface area contributed by atoms with Crippen molar-refractivity contribution < 1.29 is 9.47 Å². The zero-order valence-electron chi connectivity index (χ0n) is 15.1. The second kappa shape index (κ2) is 8.29. The van der Waals surface area contributed by atoms with E-state index in [9.17, 15) is 0 Å². The van der Waals surface area contributed by atoms with Crippen molar-refractivity contribution in [1.29, 1.82) is 0 Å². The Balaban J connectivity index is 1.54. The summed E-state index contributed by atoms with van der Waals surface area (Å²) >= 11 is 0. The minimum atomic E-state index is 0.430. The molecule has 3 aromatic rings. The van der Waals surface area contributed by atoms with Gasteiger partial charge in [0, 0.05) is 23.6 Å². The maximum atomic E-state index is 5.98. The topological polar surface area (TPSA) is 84.7 Å². The number of para-hydroxylation sites is 1. The van der Waals surface area contributed by atoms with Crippen LogP contribution in [-0.4, -0.2) is 31.7 Å². The Morgan fingerprint density at radius 1 is 1.12 bits per heavy atom. The van der Waals surface area contributed by atoms with E-state index < -0.39 is 0 Å². The van der Waals surface area contributed by atoms with Gasteiger partial charge in [-0.15, -0.1) is 0 Å². The van der Waals surface area contributed by atoms with Crippen molar-refractivity contribution in [3.8, 4) is 11.5 Å². The molecule has 2 aromatic carbocycles. The SMILES string of the molecule is COc1ccc(CN=C(N)NCCc2c[nH]c3ccccc23)cc1OC. The number of fused-ring (bicyclic) bond motifs is 1. The van der Waals surface area contributed by atoms with E-state index in [0.29, 0.717) is 24.0 Å². The predicted molar refractivity (Wildman–Crippen MR) is 105 cm³/mol. The van der Waals surface area contributed by atoms with Crippen molar-refractivity contribution in [2.75, 3.05) is 20.8 Å². The number of nitrogens with zero attached hydrogens (tertiary/aromatic N) is 1. The van der Waals surface area contributed by atoms with Gasteiger partial charge in [-0.1, -0.05) is 24.3 Å². The number of hydrogen-bond acceptors (Lipinski definition) is 3. The number of methoxy groups -OCH3 is 2. The number of ether oxygens (including phenoxy) is 2. The first kappa shape index (κ1) is 17.7. The highest BCUT2D eigenvalue weighted by Gasteiger charge is 2.05. The van der Waals surface area contributed by atoms with E-state index >= 15 is 0 Å². The Bertz CT molecular complexity index is 902. The summed E-state index contributed by atoms with van der Waals surface area (Å²) in [5, 5.41) is 4.41. The van der Waals surface area contributed by atoms with Gasteiger partial charge in [-0.05, 0) is 35.7 Å². The third-order valence-corrected chi connectivity index (χ3v) is 4.26. The second-order valence-electron chi connectivity index (χ2n) is 5.93. The zero-order valence-corrected chi connectivity index (χ0v) is 15.1. The Morgan fingerprint density at radius 2 is 1.92 bits per heavy atom. The fourth-order valence-electron chi connectivity index (χ4n) is 2.88. The predicted octanol–water partition coefficient (Wildman–Crippen LogP) is 2.83. The Hall–Kier alpha value is -3.15. The van der Waals surface area contributed by atoms with E-state index in [0.717, 1.165) is 24.0 Å². The molecule has 136 valence electrons. The molecule has 6 heteroatoms. The van der Waals surface area contributed by atoms with Crippen LogP contribution in [0.1, 0.15) is 11.1 Å². The summed E-state index contributed by atoms with van der Waals surface area (Å²) in [6.45, 7) is 1.20. The molecule has 0 saturated heterocycles. The van der Waals surface area contributed by atoms with Gasteiger partial charge in [0.25, 0.3) is 0 Å². The lowest BCUT2D eigenvalue weighted by Gasteiger charge is -2.09. The molecule has 0 aliphatic heterocycles. The van der Waals surface area contributed by atoms with Crippen LogP contribution < -0.4 is 20.5 Å². The molecule has 1 aromatic heterocycles. The molecule has 0 aliphatic rings. The van der Waals surface area contributed by atoms with Crippen molar-refractivity contribution in [2.24, 2.45) is 10.7 Å². The van der Waals surface area contributed by atoms with Crippen molar-refractivity contribution in [2.45, 2.75) is 13.0 Å². The highest BCUT2D eigenvalue weighted by atomic mass is 16.5. The minimum absolute atomic E-state index is 0.430. The van der Waals surface area contributed by atoms with Crippen LogP contribution in [0.4, 0.5) is 0 Å². The van der Waals surface area contributed by atoms with E-state index in [-0.39, 0.29) is 0 Å². The van der Waals surface area contributed by atoms with Gasteiger partial charge in [0.1, 0.15) is 0 Å². The first-order chi connectivity index (χ1) is 12.7. The highest BCUT2D eigenvalue weighted by molar-refractivity contribution is 5.83. The number of aromatic amines is 1. The standard InChI is InChI=1S/C20H24N4O2/c1-25-18-8-7-14(11-19(18)26-2)12-24-20(21)22-10-9-15-13-23-17-6-4-3-5-16(15)17/h3-8,11,13,23H,9-10,12H2,1-2H3,(H3,21,22,24). The van der Waals surface area contributed by atoms with E-state index in [1.165, 1.54) is 10.9 Å². The summed E-state index contributed by atoms with van der Waals surface area (Å²) in [4.78, 5) is 7.67. The van der Waals surface area contributed by atoms with Gasteiger partial charge in [-0.2, -0.15) is 0 Å². The molecular formula is C20H24N4O2. The van der Waals surface area contributed by atoms with Gasteiger partial charge in [-0.3, -0.25) is 0 Å². The van der Waals surface area contributed by atoms with Crippen molar-refractivity contribution in [1.82, 2.24) is 10.3 Å². The maximum Gasteiger partial charge on any atom is 0.188 e. The lowest BCUT2D eigenvalue weighted by Crippen LogP contribution is -2.33. The zero-order chi connectivity index (χ0) is 18.4. The van der Waals surface area contributed by atoms with Crippen molar-refractivity contribution in [3.63, 3.8) is 0 Å². The number of guanidine groups is 1. The average molecular weight is 352 g/mol. The van der Waals surface area contributed by atoms with E-state index in [4.69, 9.17) is 15.2 Å². The number of nitrogens with one attached hydrogen (secondary N) is 2. The summed E-state index contributed by atoms with van der Waals surface area (Å²) < 4.78 is 10.5. The Kier molecular flexibility index (Phi) is 5.63. The van der Waals surface area contributed by atoms with Gasteiger partial charge in [0.05, 0.1) is 20.8 Å². The average Bonchev–Trinajstić information content (AvgIpc) is 3.09. The van der Waals surface area contributed by atoms with Crippen LogP contribution in [0.3, 0.4) is 0 Å². The van der Waals surface area contributed by atoms with Gasteiger partial charge < -0.3 is 25.5 Å². The van der Waals surface area contributed by atoms with Crippen LogP contribution in [0, 0.1) is 0 Å². The maximum absolute atomic E-state index is 5.98. The highest BCUT2D eigenvalue weighted by Crippen LogP contribution is 2.27. The number of H-pyrrole nitrogens is 1. The van der Waals surface area contributed by atoms with Crippen LogP contribution in [0.25, 0.3) is 10.9 Å². The molecule has 6 nitrogen and oxygen atoms in total. The molecule has 0 spiro atoms. The smallest absolute Gasteiger partial charge is 0.188 e. The second-order valence-corrected chi connectivity index (χ2v) is 5.93. The summed E-state index contributed by atoms with van der Waals surface area (Å²) in [6, 6.07) is 14.0. The van der Waals surface area contributed by atoms with Crippen LogP contribution >= 0.6 is 0 Å². The number of aromatic nitrogens is 1. The van der Waals surface area contributed by atoms with Gasteiger partial charge >= 0.3 is 0 Å². The van der Waals surface area contributed by atoms with E-state index in [2.05, 4.69) is 27.4 Å². The van der Waals surface area contributed by atoms with Gasteiger partial charge in [0.2, 0.25) is 0 Å². The monoisotopic (exact) mass is 352 g/mol. The molecule has 0 fully saturated rings. The quantitative estimate of drug-likeness (QED) is 0.451. The molecular weight excluding hydrogens is 328 g/mol. The third kappa shape index (κ3) is 4.08. The Labute approximate surface area is 153 Å². The summed E-state index contributed by atoms with van der Waals surface area (Å²) in [5.74, 6) is 1.82. The number of benzene rings is 2. The summed E-state index contributed by atoms with van der Waals surface area (Å²) in [6.07, 6.45) is 2.92. The van der Waals surface area contributed by atoms with E-state index in [1.54, 1.807) is 14.2 Å². The lowest BCUT2D eigenvalue weighted by molar-refractivity contribution is 0.354. The molecule has 3 rings (SSSR count). The van der Waals surface area contributed by atoms with Crippen molar-refractivity contribution >= 4 is 16.9 Å². The van der Waals surface area contributed by atoms with Crippen LogP contribution in [-0.2, 0) is 13.0 Å². The fourth-order valence-corrected chi connectivity index (χ4v) is 2.88. The molecule has 4 N–H and O–H groups in total. The fraction of sp³-hybridized carbons (Fsp3) is 0.250. The van der Waals surface area contributed by atoms with Crippen LogP contribution in [0.15, 0.2) is 53.7 Å². The number of aliphatic imine (C=N–C) groups is 1. The number of hydrogen-bond donors (Lipinski definition) is 3. The lowest BCUT2D eigenvalue weighted by atomic mass is 10.1. The molecule has 0 aliphatic carbocycles. The third-order valence-electron chi connectivity index (χ3n) is 4.26. The summed E-state index contributed by atoms with van der Waals surface area (Å²) in [7, 11) is 3.23. The molecule has 0 amide bonds. The molecule has 1 heterocycles. The Morgan fingerprint density at radius 3 is 2.73 bits per heavy atom.